The van der Waals surface area contributed by atoms with Crippen LogP contribution in [0.25, 0.3) is 5.57 Å². The zero-order valence-corrected chi connectivity index (χ0v) is 15.6. The molecular formula is C19H12ClN3O3S. The molecule has 2 aliphatic rings. The van der Waals surface area contributed by atoms with Crippen molar-refractivity contribution in [3.63, 3.8) is 0 Å². The van der Waals surface area contributed by atoms with Crippen LogP contribution in [0.5, 0.6) is 0 Å². The van der Waals surface area contributed by atoms with Gasteiger partial charge in [0.15, 0.2) is 5.17 Å². The minimum atomic E-state index is -0.505. The van der Waals surface area contributed by atoms with Gasteiger partial charge in [0.05, 0.1) is 21.9 Å². The van der Waals surface area contributed by atoms with Crippen molar-refractivity contribution < 1.29 is 14.4 Å². The molecule has 2 aromatic rings. The lowest BCUT2D eigenvalue weighted by molar-refractivity contribution is -0.122. The number of thioether (sulfide) groups is 1. The average molecular weight is 398 g/mol. The summed E-state index contributed by atoms with van der Waals surface area (Å²) in [7, 11) is 0. The Morgan fingerprint density at radius 3 is 2.52 bits per heavy atom. The number of carbonyl (C=O) groups excluding carboxylic acids is 3. The van der Waals surface area contributed by atoms with E-state index in [0.717, 1.165) is 16.7 Å². The second-order valence-electron chi connectivity index (χ2n) is 5.83. The summed E-state index contributed by atoms with van der Waals surface area (Å²) < 4.78 is 0. The van der Waals surface area contributed by atoms with E-state index in [0.29, 0.717) is 27.1 Å². The van der Waals surface area contributed by atoms with E-state index in [1.54, 1.807) is 48.5 Å². The lowest BCUT2D eigenvalue weighted by atomic mass is 10.1. The molecular weight excluding hydrogens is 386 g/mol. The van der Waals surface area contributed by atoms with Gasteiger partial charge in [-0.25, -0.2) is 9.89 Å². The van der Waals surface area contributed by atoms with Crippen molar-refractivity contribution in [3.8, 4) is 0 Å². The van der Waals surface area contributed by atoms with E-state index < -0.39 is 17.7 Å². The van der Waals surface area contributed by atoms with Crippen LogP contribution in [0.3, 0.4) is 0 Å². The maximum atomic E-state index is 12.8. The Kier molecular flexibility index (Phi) is 4.33. The van der Waals surface area contributed by atoms with E-state index in [1.807, 2.05) is 0 Å². The Morgan fingerprint density at radius 1 is 1.11 bits per heavy atom. The van der Waals surface area contributed by atoms with E-state index in [1.165, 1.54) is 6.92 Å². The molecule has 27 heavy (non-hydrogen) atoms. The molecule has 2 heterocycles. The molecule has 1 N–H and O–H groups in total. The third-order valence-electron chi connectivity index (χ3n) is 4.06. The van der Waals surface area contributed by atoms with Gasteiger partial charge < -0.3 is 5.32 Å². The van der Waals surface area contributed by atoms with Gasteiger partial charge in [0.1, 0.15) is 0 Å². The normalized spacial score (nSPS) is 20.2. The predicted molar refractivity (Wildman–Crippen MR) is 106 cm³/mol. The van der Waals surface area contributed by atoms with Crippen molar-refractivity contribution in [2.75, 3.05) is 4.90 Å². The molecule has 0 aliphatic carbocycles. The fraction of sp³-hybridized carbons (Fsp3) is 0.0526. The quantitative estimate of drug-likeness (QED) is 0.747. The predicted octanol–water partition coefficient (Wildman–Crippen LogP) is 3.49. The first-order valence-corrected chi connectivity index (χ1v) is 9.17. The molecule has 2 aliphatic heterocycles. The number of nitrogens with one attached hydrogen (secondary N) is 1. The van der Waals surface area contributed by atoms with Crippen molar-refractivity contribution in [2.24, 2.45) is 4.99 Å². The van der Waals surface area contributed by atoms with Gasteiger partial charge in [-0.1, -0.05) is 29.8 Å². The number of para-hydroxylation sites is 1. The maximum Gasteiger partial charge on any atom is 0.267 e. The topological polar surface area (TPSA) is 78.8 Å². The van der Waals surface area contributed by atoms with Crippen LogP contribution in [-0.2, 0) is 14.4 Å². The van der Waals surface area contributed by atoms with Crippen LogP contribution in [0.1, 0.15) is 12.5 Å². The Hall–Kier alpha value is -2.90. The van der Waals surface area contributed by atoms with Gasteiger partial charge >= 0.3 is 0 Å². The highest BCUT2D eigenvalue weighted by atomic mass is 35.5. The Bertz CT molecular complexity index is 1060. The number of imide groups is 1. The molecule has 0 aromatic heterocycles. The van der Waals surface area contributed by atoms with E-state index in [4.69, 9.17) is 11.6 Å². The minimum absolute atomic E-state index is 0.213. The van der Waals surface area contributed by atoms with Crippen LogP contribution in [-0.4, -0.2) is 22.9 Å². The summed E-state index contributed by atoms with van der Waals surface area (Å²) in [6.07, 6.45) is 0. The molecule has 8 heteroatoms. The van der Waals surface area contributed by atoms with Gasteiger partial charge in [-0.3, -0.25) is 14.4 Å². The highest BCUT2D eigenvalue weighted by Crippen LogP contribution is 2.42. The third kappa shape index (κ3) is 3.05. The number of nitrogens with zero attached hydrogens (tertiary/aromatic N) is 2. The number of benzene rings is 2. The second kappa shape index (κ2) is 6.68. The van der Waals surface area contributed by atoms with E-state index in [2.05, 4.69) is 10.3 Å². The zero-order chi connectivity index (χ0) is 19.1. The Balaban J connectivity index is 1.77. The van der Waals surface area contributed by atoms with E-state index >= 15 is 0 Å². The summed E-state index contributed by atoms with van der Waals surface area (Å²) in [5.74, 6) is -1.33. The molecule has 1 saturated heterocycles. The average Bonchev–Trinajstić information content (AvgIpc) is 3.13. The summed E-state index contributed by atoms with van der Waals surface area (Å²) in [4.78, 5) is 43.0. The molecule has 4 rings (SSSR count). The molecule has 0 radical (unpaired) electrons. The molecule has 2 aromatic carbocycles. The number of amides is 3. The maximum absolute atomic E-state index is 12.8. The number of rotatable bonds is 1. The standard InChI is InChI=1S/C19H12ClN3O3S/c1-10(24)23-14-5-3-2-4-13(14)15(18(23)26)16-17(25)22-19(27-16)21-12-8-6-11(20)7-9-12/h2-9H,1H3,(H,21,22,25)/b16-15-. The molecule has 134 valence electrons. The van der Waals surface area contributed by atoms with Crippen molar-refractivity contribution >= 4 is 63.2 Å². The molecule has 0 unspecified atom stereocenters. The first-order chi connectivity index (χ1) is 13.0. The summed E-state index contributed by atoms with van der Waals surface area (Å²) in [5, 5.41) is 3.61. The van der Waals surface area contributed by atoms with Gasteiger partial charge in [0.2, 0.25) is 5.91 Å². The van der Waals surface area contributed by atoms with Crippen LogP contribution >= 0.6 is 23.4 Å². The molecule has 0 atom stereocenters. The first-order valence-electron chi connectivity index (χ1n) is 7.98. The molecule has 0 saturated carbocycles. The van der Waals surface area contributed by atoms with Crippen LogP contribution in [0, 0.1) is 0 Å². The summed E-state index contributed by atoms with van der Waals surface area (Å²) in [5.41, 5.74) is 1.87. The summed E-state index contributed by atoms with van der Waals surface area (Å²) >= 11 is 6.94. The number of halogens is 1. The number of fused-ring (bicyclic) bond motifs is 1. The van der Waals surface area contributed by atoms with Crippen LogP contribution < -0.4 is 10.2 Å². The molecule has 0 bridgehead atoms. The number of amidine groups is 1. The van der Waals surface area contributed by atoms with Crippen molar-refractivity contribution in [1.29, 1.82) is 0 Å². The third-order valence-corrected chi connectivity index (χ3v) is 5.29. The van der Waals surface area contributed by atoms with Crippen LogP contribution in [0.4, 0.5) is 11.4 Å². The molecule has 1 fully saturated rings. The van der Waals surface area contributed by atoms with Gasteiger partial charge in [-0.05, 0) is 42.1 Å². The fourth-order valence-electron chi connectivity index (χ4n) is 2.92. The smallest absolute Gasteiger partial charge is 0.267 e. The fourth-order valence-corrected chi connectivity index (χ4v) is 3.98. The highest BCUT2D eigenvalue weighted by molar-refractivity contribution is 8.18. The number of anilines is 1. The SMILES string of the molecule is CC(=O)N1C(=O)/C(=C2\SC(=Nc3ccc(Cl)cc3)NC2=O)c2ccccc21. The zero-order valence-electron chi connectivity index (χ0n) is 14.0. The summed E-state index contributed by atoms with van der Waals surface area (Å²) in [6, 6.07) is 13.7. The van der Waals surface area contributed by atoms with Gasteiger partial charge in [0.25, 0.3) is 11.8 Å². The lowest BCUT2D eigenvalue weighted by Crippen LogP contribution is -2.31. The number of hydrogen-bond donors (Lipinski definition) is 1. The molecule has 6 nitrogen and oxygen atoms in total. The largest absolute Gasteiger partial charge is 0.300 e. The van der Waals surface area contributed by atoms with Crippen molar-refractivity contribution in [3.05, 3.63) is 64.0 Å². The Morgan fingerprint density at radius 2 is 1.81 bits per heavy atom. The van der Waals surface area contributed by atoms with Gasteiger partial charge in [0, 0.05) is 17.5 Å². The number of aliphatic imine (C=N–C) groups is 1. The van der Waals surface area contributed by atoms with Gasteiger partial charge in [-0.2, -0.15) is 0 Å². The van der Waals surface area contributed by atoms with E-state index in [-0.39, 0.29) is 10.5 Å². The number of hydrogen-bond acceptors (Lipinski definition) is 5. The minimum Gasteiger partial charge on any atom is -0.300 e. The van der Waals surface area contributed by atoms with Crippen LogP contribution in [0.2, 0.25) is 5.02 Å². The Labute approximate surface area is 163 Å². The van der Waals surface area contributed by atoms with Crippen LogP contribution in [0.15, 0.2) is 58.4 Å². The van der Waals surface area contributed by atoms with Gasteiger partial charge in [-0.15, -0.1) is 0 Å². The molecule has 3 amide bonds. The first kappa shape index (κ1) is 17.5. The summed E-state index contributed by atoms with van der Waals surface area (Å²) in [6.45, 7) is 1.32. The van der Waals surface area contributed by atoms with Crippen molar-refractivity contribution in [1.82, 2.24) is 5.32 Å². The lowest BCUT2D eigenvalue weighted by Gasteiger charge is -2.11. The highest BCUT2D eigenvalue weighted by Gasteiger charge is 2.40. The monoisotopic (exact) mass is 397 g/mol. The molecule has 0 spiro atoms. The second-order valence-corrected chi connectivity index (χ2v) is 7.27. The van der Waals surface area contributed by atoms with E-state index in [9.17, 15) is 14.4 Å². The van der Waals surface area contributed by atoms with Crippen molar-refractivity contribution in [2.45, 2.75) is 6.92 Å². The number of carbonyl (C=O) groups is 3.